The Balaban J connectivity index is 1.44. The van der Waals surface area contributed by atoms with Crippen molar-refractivity contribution in [2.24, 2.45) is 11.7 Å². The number of nitrogens with two attached hydrogens (primary N) is 1. The van der Waals surface area contributed by atoms with E-state index in [4.69, 9.17) is 11.1 Å². The Hall–Kier alpha value is -3.53. The van der Waals surface area contributed by atoms with Crippen molar-refractivity contribution in [3.63, 3.8) is 0 Å². The predicted octanol–water partition coefficient (Wildman–Crippen LogP) is 1.70. The third-order valence-electron chi connectivity index (χ3n) is 5.01. The zero-order valence-electron chi connectivity index (χ0n) is 16.1. The van der Waals surface area contributed by atoms with E-state index < -0.39 is 9.84 Å². The number of nitrogens with one attached hydrogen (secondary N) is 2. The minimum absolute atomic E-state index is 0.00529. The number of aromatic nitrogens is 3. The molecule has 0 unspecified atom stereocenters. The van der Waals surface area contributed by atoms with Crippen LogP contribution in [0.15, 0.2) is 60.0 Å². The zero-order valence-corrected chi connectivity index (χ0v) is 16.9. The van der Waals surface area contributed by atoms with Crippen molar-refractivity contribution in [1.29, 1.82) is 5.41 Å². The second-order valence-electron chi connectivity index (χ2n) is 7.28. The highest BCUT2D eigenvalue weighted by Crippen LogP contribution is 2.48. The van der Waals surface area contributed by atoms with E-state index in [-0.39, 0.29) is 28.7 Å². The summed E-state index contributed by atoms with van der Waals surface area (Å²) in [7, 11) is -3.51. The molecule has 154 valence electrons. The van der Waals surface area contributed by atoms with Gasteiger partial charge in [0.1, 0.15) is 12.2 Å². The molecule has 1 aromatic heterocycles. The van der Waals surface area contributed by atoms with Crippen LogP contribution in [0, 0.1) is 11.3 Å². The molecule has 1 aliphatic rings. The van der Waals surface area contributed by atoms with Gasteiger partial charge in [-0.15, -0.1) is 10.2 Å². The normalized spacial score (nSPS) is 18.0. The summed E-state index contributed by atoms with van der Waals surface area (Å²) in [5.41, 5.74) is 8.37. The van der Waals surface area contributed by atoms with E-state index >= 15 is 0 Å². The van der Waals surface area contributed by atoms with Gasteiger partial charge in [-0.1, -0.05) is 18.2 Å². The lowest BCUT2D eigenvalue weighted by molar-refractivity contribution is -0.117. The number of amidine groups is 1. The largest absolute Gasteiger partial charge is 0.384 e. The van der Waals surface area contributed by atoms with Crippen LogP contribution in [0.3, 0.4) is 0 Å². The maximum atomic E-state index is 12.6. The molecule has 9 nitrogen and oxygen atoms in total. The fourth-order valence-corrected chi connectivity index (χ4v) is 4.09. The van der Waals surface area contributed by atoms with Crippen LogP contribution in [0.25, 0.3) is 5.69 Å². The van der Waals surface area contributed by atoms with Gasteiger partial charge in [-0.05, 0) is 48.2 Å². The van der Waals surface area contributed by atoms with E-state index in [9.17, 15) is 13.2 Å². The number of carbonyl (C=O) groups is 1. The number of rotatable bonds is 6. The van der Waals surface area contributed by atoms with Gasteiger partial charge in [-0.25, -0.2) is 8.42 Å². The van der Waals surface area contributed by atoms with Gasteiger partial charge >= 0.3 is 0 Å². The minimum atomic E-state index is -3.51. The SMILES string of the molecule is CS(=O)(=O)c1nncn1-c1ccc(NC(=O)[C@@H]2C[C@@H]2c2cccc(C(=N)N)c2)cc1. The second kappa shape index (κ2) is 7.38. The second-order valence-corrected chi connectivity index (χ2v) is 9.19. The Morgan fingerprint density at radius 3 is 2.63 bits per heavy atom. The molecule has 4 rings (SSSR count). The van der Waals surface area contributed by atoms with E-state index in [1.807, 2.05) is 18.2 Å². The topological polar surface area (TPSA) is 144 Å². The average molecular weight is 424 g/mol. The molecule has 2 atom stereocenters. The smallest absolute Gasteiger partial charge is 0.253 e. The third-order valence-corrected chi connectivity index (χ3v) is 5.96. The quantitative estimate of drug-likeness (QED) is 0.406. The fourth-order valence-electron chi connectivity index (χ4n) is 3.38. The number of nitrogen functional groups attached to an aromatic ring is 1. The maximum absolute atomic E-state index is 12.6. The summed E-state index contributed by atoms with van der Waals surface area (Å²) in [6.07, 6.45) is 3.14. The molecular weight excluding hydrogens is 404 g/mol. The first-order valence-electron chi connectivity index (χ1n) is 9.20. The lowest BCUT2D eigenvalue weighted by atomic mass is 10.0. The van der Waals surface area contributed by atoms with Crippen molar-refractivity contribution >= 4 is 27.3 Å². The number of hydrogen-bond acceptors (Lipinski definition) is 6. The monoisotopic (exact) mass is 424 g/mol. The molecule has 1 saturated carbocycles. The molecule has 1 fully saturated rings. The lowest BCUT2D eigenvalue weighted by Gasteiger charge is -2.08. The van der Waals surface area contributed by atoms with Crippen LogP contribution in [0.2, 0.25) is 0 Å². The molecule has 30 heavy (non-hydrogen) atoms. The van der Waals surface area contributed by atoms with Crippen LogP contribution in [0.1, 0.15) is 23.5 Å². The average Bonchev–Trinajstić information content (AvgIpc) is 3.35. The zero-order chi connectivity index (χ0) is 21.5. The van der Waals surface area contributed by atoms with Crippen LogP contribution in [-0.2, 0) is 14.6 Å². The van der Waals surface area contributed by atoms with E-state index in [1.54, 1.807) is 30.3 Å². The van der Waals surface area contributed by atoms with E-state index in [2.05, 4.69) is 15.5 Å². The summed E-state index contributed by atoms with van der Waals surface area (Å²) in [5, 5.41) is 17.6. The number of carbonyl (C=O) groups excluding carboxylic acids is 1. The van der Waals surface area contributed by atoms with E-state index in [1.165, 1.54) is 10.9 Å². The molecule has 10 heteroatoms. The van der Waals surface area contributed by atoms with Gasteiger partial charge in [0, 0.05) is 29.1 Å². The minimum Gasteiger partial charge on any atom is -0.384 e. The number of nitrogens with zero attached hydrogens (tertiary/aromatic N) is 3. The van der Waals surface area contributed by atoms with Crippen LogP contribution < -0.4 is 11.1 Å². The molecular formula is C20H20N6O3S. The molecule has 0 saturated heterocycles. The molecule has 1 amide bonds. The van der Waals surface area contributed by atoms with E-state index in [0.29, 0.717) is 16.9 Å². The van der Waals surface area contributed by atoms with Crippen LogP contribution in [0.4, 0.5) is 5.69 Å². The summed E-state index contributed by atoms with van der Waals surface area (Å²) in [4.78, 5) is 12.6. The van der Waals surface area contributed by atoms with Gasteiger partial charge in [-0.2, -0.15) is 0 Å². The van der Waals surface area contributed by atoms with Crippen molar-refractivity contribution in [1.82, 2.24) is 14.8 Å². The summed E-state index contributed by atoms with van der Waals surface area (Å²) < 4.78 is 25.0. The lowest BCUT2D eigenvalue weighted by Crippen LogP contribution is -2.15. The molecule has 1 aliphatic carbocycles. The van der Waals surface area contributed by atoms with Gasteiger partial charge in [0.05, 0.1) is 0 Å². The molecule has 1 heterocycles. The highest BCUT2D eigenvalue weighted by atomic mass is 32.2. The Labute approximate surface area is 173 Å². The number of sulfone groups is 1. The van der Waals surface area contributed by atoms with Crippen molar-refractivity contribution in [3.05, 3.63) is 66.0 Å². The van der Waals surface area contributed by atoms with Crippen molar-refractivity contribution in [3.8, 4) is 5.69 Å². The van der Waals surface area contributed by atoms with Gasteiger partial charge in [-0.3, -0.25) is 14.8 Å². The Bertz CT molecular complexity index is 1230. The number of benzene rings is 2. The fraction of sp³-hybridized carbons (Fsp3) is 0.200. The Morgan fingerprint density at radius 1 is 1.23 bits per heavy atom. The Morgan fingerprint density at radius 2 is 1.97 bits per heavy atom. The summed E-state index contributed by atoms with van der Waals surface area (Å²) in [5.74, 6) is -0.104. The van der Waals surface area contributed by atoms with Crippen molar-refractivity contribution in [2.45, 2.75) is 17.5 Å². The van der Waals surface area contributed by atoms with Gasteiger partial charge in [0.25, 0.3) is 5.16 Å². The predicted molar refractivity (Wildman–Crippen MR) is 111 cm³/mol. The first-order chi connectivity index (χ1) is 14.2. The molecule has 3 aromatic rings. The number of amides is 1. The first-order valence-corrected chi connectivity index (χ1v) is 11.1. The third kappa shape index (κ3) is 3.94. The molecule has 0 aliphatic heterocycles. The summed E-state index contributed by atoms with van der Waals surface area (Å²) >= 11 is 0. The van der Waals surface area contributed by atoms with Crippen LogP contribution in [-0.4, -0.2) is 41.2 Å². The number of anilines is 1. The molecule has 0 bridgehead atoms. The van der Waals surface area contributed by atoms with Gasteiger partial charge in [0.2, 0.25) is 15.7 Å². The molecule has 0 radical (unpaired) electrons. The van der Waals surface area contributed by atoms with Crippen LogP contribution >= 0.6 is 0 Å². The number of hydrogen-bond donors (Lipinski definition) is 3. The van der Waals surface area contributed by atoms with Gasteiger partial charge in [0.15, 0.2) is 0 Å². The van der Waals surface area contributed by atoms with Crippen molar-refractivity contribution in [2.75, 3.05) is 11.6 Å². The Kier molecular flexibility index (Phi) is 4.86. The van der Waals surface area contributed by atoms with Crippen LogP contribution in [0.5, 0.6) is 0 Å². The van der Waals surface area contributed by atoms with Gasteiger partial charge < -0.3 is 11.1 Å². The molecule has 0 spiro atoms. The van der Waals surface area contributed by atoms with E-state index in [0.717, 1.165) is 18.2 Å². The molecule has 2 aromatic carbocycles. The van der Waals surface area contributed by atoms with Crippen molar-refractivity contribution < 1.29 is 13.2 Å². The summed E-state index contributed by atoms with van der Waals surface area (Å²) in [6.45, 7) is 0. The summed E-state index contributed by atoms with van der Waals surface area (Å²) in [6, 6.07) is 14.2. The highest BCUT2D eigenvalue weighted by molar-refractivity contribution is 7.90. The first kappa shape index (κ1) is 19.8. The maximum Gasteiger partial charge on any atom is 0.253 e. The standard InChI is InChI=1S/C20H20N6O3S/c1-30(28,29)20-25-23-11-26(20)15-7-5-14(6-8-15)24-19(27)17-10-16(17)12-3-2-4-13(9-12)18(21)22/h2-9,11,16-17H,10H2,1H3,(H3,21,22)(H,24,27)/t16-,17-/m1/s1. The highest BCUT2D eigenvalue weighted by Gasteiger charge is 2.44. The molecule has 4 N–H and O–H groups in total.